The molecule has 1 aliphatic rings. The van der Waals surface area contributed by atoms with Crippen LogP contribution in [0, 0.1) is 16.5 Å². The predicted octanol–water partition coefficient (Wildman–Crippen LogP) is 2.61. The van der Waals surface area contributed by atoms with Crippen molar-refractivity contribution in [3.63, 3.8) is 0 Å². The number of β-amino-alcohol motifs (C(OH)–C–C–N with tert-alkyl or cyclic N) is 1. The van der Waals surface area contributed by atoms with E-state index in [-0.39, 0.29) is 22.8 Å². The Balaban J connectivity index is 1.57. The number of nitriles is 1. The average Bonchev–Trinajstić information content (AvgIpc) is 3.35. The number of likely N-dealkylation sites (tertiary alicyclic amines) is 1. The third-order valence-corrected chi connectivity index (χ3v) is 4.88. The van der Waals surface area contributed by atoms with Gasteiger partial charge >= 0.3 is 0 Å². The molecule has 0 amide bonds. The van der Waals surface area contributed by atoms with Crippen molar-refractivity contribution in [1.82, 2.24) is 15.0 Å². The van der Waals surface area contributed by atoms with Crippen LogP contribution in [-0.4, -0.2) is 38.0 Å². The second kappa shape index (κ2) is 7.98. The van der Waals surface area contributed by atoms with Crippen LogP contribution in [-0.2, 0) is 6.54 Å². The zero-order chi connectivity index (χ0) is 20.4. The van der Waals surface area contributed by atoms with E-state index in [9.17, 15) is 10.3 Å². The van der Waals surface area contributed by atoms with Crippen LogP contribution in [0.3, 0.4) is 0 Å². The third kappa shape index (κ3) is 4.11. The molecular weight excluding hydrogens is 374 g/mol. The molecule has 1 saturated heterocycles. The van der Waals surface area contributed by atoms with E-state index in [1.165, 1.54) is 12.1 Å². The fourth-order valence-corrected chi connectivity index (χ4v) is 3.54. The Kier molecular flexibility index (Phi) is 5.24. The zero-order valence-electron chi connectivity index (χ0n) is 15.3. The standard InChI is InChI=1S/C20H18N5O4/c21-10-13-3-1-4-14(7-13)11-24-12-17(26)9-18(24)20-22-19(23-29-20)15-5-2-6-16(8-15)25(27)28/h1-8,17-18,26-27H,9,11-12H2/q-1. The van der Waals surface area contributed by atoms with Crippen molar-refractivity contribution >= 4 is 5.69 Å². The molecule has 1 aliphatic heterocycles. The van der Waals surface area contributed by atoms with Gasteiger partial charge in [0, 0.05) is 18.7 Å². The summed E-state index contributed by atoms with van der Waals surface area (Å²) in [5.74, 6) is 0.651. The van der Waals surface area contributed by atoms with Gasteiger partial charge in [-0.05, 0) is 36.2 Å². The molecule has 0 bridgehead atoms. The normalized spacial score (nSPS) is 19.2. The van der Waals surface area contributed by atoms with E-state index >= 15 is 0 Å². The number of nitrogens with zero attached hydrogens (tertiary/aromatic N) is 5. The first kappa shape index (κ1) is 19.0. The SMILES string of the molecule is N#Cc1cccc(CN2CC(O)CC2c2nc(-c3cccc(N([O-])O)c3)no2)c1. The van der Waals surface area contributed by atoms with E-state index in [0.717, 1.165) is 5.56 Å². The molecule has 0 spiro atoms. The highest BCUT2D eigenvalue weighted by atomic mass is 16.8. The lowest BCUT2D eigenvalue weighted by Gasteiger charge is -2.21. The number of rotatable bonds is 5. The van der Waals surface area contributed by atoms with Gasteiger partial charge in [-0.25, -0.2) is 0 Å². The van der Waals surface area contributed by atoms with Crippen LogP contribution in [0.25, 0.3) is 11.4 Å². The Morgan fingerprint density at radius 3 is 2.90 bits per heavy atom. The fraction of sp³-hybridized carbons (Fsp3) is 0.250. The molecule has 0 radical (unpaired) electrons. The number of anilines is 1. The molecular formula is C20H18N5O4-. The van der Waals surface area contributed by atoms with Crippen LogP contribution in [0.4, 0.5) is 5.69 Å². The Labute approximate surface area is 166 Å². The largest absolute Gasteiger partial charge is 0.733 e. The lowest BCUT2D eigenvalue weighted by Crippen LogP contribution is -2.24. The number of benzene rings is 2. The van der Waals surface area contributed by atoms with Crippen LogP contribution in [0.1, 0.15) is 29.5 Å². The minimum atomic E-state index is -0.527. The van der Waals surface area contributed by atoms with Crippen molar-refractivity contribution in [3.05, 3.63) is 70.8 Å². The second-order valence-corrected chi connectivity index (χ2v) is 6.93. The summed E-state index contributed by atoms with van der Waals surface area (Å²) >= 11 is 0. The summed E-state index contributed by atoms with van der Waals surface area (Å²) in [5.41, 5.74) is 2.12. The Bertz CT molecular complexity index is 1050. The Hall–Kier alpha value is -3.29. The van der Waals surface area contributed by atoms with Crippen molar-refractivity contribution in [3.8, 4) is 17.5 Å². The third-order valence-electron chi connectivity index (χ3n) is 4.88. The molecule has 9 nitrogen and oxygen atoms in total. The van der Waals surface area contributed by atoms with Gasteiger partial charge in [0.1, 0.15) is 0 Å². The first-order valence-corrected chi connectivity index (χ1v) is 9.05. The van der Waals surface area contributed by atoms with Crippen molar-refractivity contribution in [2.45, 2.75) is 25.1 Å². The van der Waals surface area contributed by atoms with E-state index in [4.69, 9.17) is 15.0 Å². The lowest BCUT2D eigenvalue weighted by atomic mass is 10.1. The molecule has 148 valence electrons. The molecule has 29 heavy (non-hydrogen) atoms. The van der Waals surface area contributed by atoms with Gasteiger partial charge in [-0.3, -0.25) is 10.1 Å². The number of hydrogen-bond donors (Lipinski definition) is 2. The average molecular weight is 392 g/mol. The smallest absolute Gasteiger partial charge is 0.244 e. The van der Waals surface area contributed by atoms with Gasteiger partial charge in [-0.15, -0.1) is 0 Å². The summed E-state index contributed by atoms with van der Waals surface area (Å²) in [6.45, 7) is 0.977. The van der Waals surface area contributed by atoms with Gasteiger partial charge in [-0.1, -0.05) is 29.4 Å². The van der Waals surface area contributed by atoms with Gasteiger partial charge in [0.05, 0.1) is 29.5 Å². The molecule has 2 heterocycles. The van der Waals surface area contributed by atoms with E-state index in [1.54, 1.807) is 18.2 Å². The van der Waals surface area contributed by atoms with E-state index in [2.05, 4.69) is 16.2 Å². The molecule has 3 aromatic rings. The molecule has 2 unspecified atom stereocenters. The molecule has 1 fully saturated rings. The highest BCUT2D eigenvalue weighted by Crippen LogP contribution is 2.34. The van der Waals surface area contributed by atoms with Crippen molar-refractivity contribution < 1.29 is 14.8 Å². The highest BCUT2D eigenvalue weighted by Gasteiger charge is 2.36. The molecule has 0 aliphatic carbocycles. The van der Waals surface area contributed by atoms with Crippen LogP contribution in [0.2, 0.25) is 0 Å². The maximum atomic E-state index is 11.1. The first-order valence-electron chi connectivity index (χ1n) is 9.05. The molecule has 1 aromatic heterocycles. The van der Waals surface area contributed by atoms with Crippen molar-refractivity contribution in [2.75, 3.05) is 11.8 Å². The topological polar surface area (TPSA) is 133 Å². The number of aliphatic hydroxyl groups is 1. The fourth-order valence-electron chi connectivity index (χ4n) is 3.54. The highest BCUT2D eigenvalue weighted by molar-refractivity contribution is 5.62. The summed E-state index contributed by atoms with van der Waals surface area (Å²) in [7, 11) is 0. The molecule has 2 N–H and O–H groups in total. The minimum Gasteiger partial charge on any atom is -0.733 e. The molecule has 2 aromatic carbocycles. The second-order valence-electron chi connectivity index (χ2n) is 6.93. The summed E-state index contributed by atoms with van der Waals surface area (Å²) in [4.78, 5) is 6.47. The van der Waals surface area contributed by atoms with E-state index in [0.29, 0.717) is 36.5 Å². The molecule has 0 saturated carbocycles. The van der Waals surface area contributed by atoms with Crippen LogP contribution >= 0.6 is 0 Å². The molecule has 2 atom stereocenters. The minimum absolute atomic E-state index is 0.0594. The van der Waals surface area contributed by atoms with Crippen molar-refractivity contribution in [2.24, 2.45) is 0 Å². The van der Waals surface area contributed by atoms with Crippen LogP contribution in [0.5, 0.6) is 0 Å². The monoisotopic (exact) mass is 392 g/mol. The number of aromatic nitrogens is 2. The van der Waals surface area contributed by atoms with Crippen molar-refractivity contribution in [1.29, 1.82) is 5.26 Å². The zero-order valence-corrected chi connectivity index (χ0v) is 15.3. The summed E-state index contributed by atoms with van der Waals surface area (Å²) in [5, 5.41) is 43.2. The lowest BCUT2D eigenvalue weighted by molar-refractivity contribution is 0.169. The summed E-state index contributed by atoms with van der Waals surface area (Å²) in [6, 6.07) is 15.4. The predicted molar refractivity (Wildman–Crippen MR) is 102 cm³/mol. The molecule has 4 rings (SSSR count). The first-order chi connectivity index (χ1) is 14.0. The maximum absolute atomic E-state index is 11.1. The summed E-state index contributed by atoms with van der Waals surface area (Å²) in [6.07, 6.45) is -0.0776. The van der Waals surface area contributed by atoms with Gasteiger partial charge in [0.25, 0.3) is 0 Å². The quantitative estimate of drug-likeness (QED) is 0.629. The van der Waals surface area contributed by atoms with Gasteiger partial charge < -0.3 is 20.1 Å². The van der Waals surface area contributed by atoms with Crippen LogP contribution in [0.15, 0.2) is 53.1 Å². The number of aliphatic hydroxyl groups excluding tert-OH is 1. The maximum Gasteiger partial charge on any atom is 0.244 e. The van der Waals surface area contributed by atoms with Gasteiger partial charge in [-0.2, -0.15) is 10.2 Å². The van der Waals surface area contributed by atoms with Gasteiger partial charge in [0.2, 0.25) is 11.7 Å². The summed E-state index contributed by atoms with van der Waals surface area (Å²) < 4.78 is 5.44. The Morgan fingerprint density at radius 2 is 2.10 bits per heavy atom. The Morgan fingerprint density at radius 1 is 1.28 bits per heavy atom. The van der Waals surface area contributed by atoms with E-state index < -0.39 is 6.10 Å². The van der Waals surface area contributed by atoms with E-state index in [1.807, 2.05) is 23.1 Å². The van der Waals surface area contributed by atoms with Gasteiger partial charge in [0.15, 0.2) is 0 Å². The molecule has 9 heteroatoms. The number of hydrogen-bond acceptors (Lipinski definition) is 9. The van der Waals surface area contributed by atoms with Crippen LogP contribution < -0.4 is 5.23 Å².